The number of hydrogen-bond donors (Lipinski definition) is 2. The highest BCUT2D eigenvalue weighted by Crippen LogP contribution is 2.57. The number of pyridine rings is 1. The molecule has 1 aliphatic carbocycles. The van der Waals surface area contributed by atoms with Crippen LogP contribution in [-0.2, 0) is 46.9 Å². The van der Waals surface area contributed by atoms with Gasteiger partial charge in [-0.05, 0) is 67.5 Å². The monoisotopic (exact) mass is 876 g/mol. The van der Waals surface area contributed by atoms with Crippen LogP contribution in [0.2, 0.25) is 0 Å². The number of methoxy groups -OCH3 is 1. The molecule has 332 valence electrons. The van der Waals surface area contributed by atoms with E-state index in [9.17, 15) is 24.0 Å². The molecule has 2 unspecified atom stereocenters. The fourth-order valence-electron chi connectivity index (χ4n) is 10.9. The molecule has 1 spiro atoms. The third-order valence-electron chi connectivity index (χ3n) is 14.1. The number of aromatic nitrogens is 3. The summed E-state index contributed by atoms with van der Waals surface area (Å²) in [6.07, 6.45) is 4.74. The molecule has 6 bridgehead atoms. The summed E-state index contributed by atoms with van der Waals surface area (Å²) >= 11 is 1.41. The molecule has 4 aromatic rings. The van der Waals surface area contributed by atoms with Crippen LogP contribution in [-0.4, -0.2) is 117 Å². The largest absolute Gasteiger partial charge is 0.464 e. The lowest BCUT2D eigenvalue weighted by atomic mass is 9.67. The number of rotatable bonds is 6. The number of aryl methyl sites for hydroxylation is 1. The molecule has 2 N–H and O–H groups in total. The van der Waals surface area contributed by atoms with Gasteiger partial charge in [0, 0.05) is 91.7 Å². The lowest BCUT2D eigenvalue weighted by molar-refractivity contribution is -0.156. The number of thiazole rings is 1. The number of nitrogens with zero attached hydrogens (tertiary/aromatic N) is 6. The van der Waals surface area contributed by atoms with E-state index < -0.39 is 52.8 Å². The van der Waals surface area contributed by atoms with Crippen LogP contribution >= 0.6 is 11.3 Å². The van der Waals surface area contributed by atoms with E-state index in [0.29, 0.717) is 50.3 Å². The van der Waals surface area contributed by atoms with E-state index in [2.05, 4.69) is 67.0 Å². The van der Waals surface area contributed by atoms with Crippen molar-refractivity contribution in [3.05, 3.63) is 70.8 Å². The summed E-state index contributed by atoms with van der Waals surface area (Å²) in [6.45, 7) is 13.1. The summed E-state index contributed by atoms with van der Waals surface area (Å²) in [4.78, 5) is 83.1. The second-order valence-electron chi connectivity index (χ2n) is 18.9. The van der Waals surface area contributed by atoms with Crippen LogP contribution in [0.15, 0.2) is 54.6 Å². The van der Waals surface area contributed by atoms with Gasteiger partial charge in [-0.2, -0.15) is 0 Å². The van der Waals surface area contributed by atoms with E-state index in [0.717, 1.165) is 44.7 Å². The van der Waals surface area contributed by atoms with Crippen molar-refractivity contribution < 1.29 is 33.4 Å². The van der Waals surface area contributed by atoms with Crippen LogP contribution < -0.4 is 10.7 Å². The molecule has 4 aliphatic heterocycles. The fraction of sp³-hybridized carbons (Fsp3) is 0.511. The third-order valence-corrected chi connectivity index (χ3v) is 15.0. The van der Waals surface area contributed by atoms with Crippen molar-refractivity contribution in [1.82, 2.24) is 40.1 Å². The number of hydrogen-bond acceptors (Lipinski definition) is 11. The molecule has 3 aromatic heterocycles. The Hall–Kier alpha value is -5.45. The number of amides is 4. The maximum atomic E-state index is 14.7. The average Bonchev–Trinajstić information content (AvgIpc) is 4.07. The summed E-state index contributed by atoms with van der Waals surface area (Å²) in [5.74, 6) is -2.25. The van der Waals surface area contributed by atoms with Gasteiger partial charge in [0.25, 0.3) is 5.91 Å². The van der Waals surface area contributed by atoms with E-state index in [1.165, 1.54) is 22.4 Å². The molecule has 4 amide bonds. The molecule has 5 aliphatic rings. The van der Waals surface area contributed by atoms with Crippen molar-refractivity contribution in [2.45, 2.75) is 89.9 Å². The first kappa shape index (κ1) is 42.8. The maximum absolute atomic E-state index is 14.7. The molecule has 6 atom stereocenters. The first-order valence-electron chi connectivity index (χ1n) is 22.0. The number of hydrazine groups is 1. The first-order chi connectivity index (χ1) is 30.2. The van der Waals surface area contributed by atoms with Gasteiger partial charge in [-0.1, -0.05) is 40.3 Å². The van der Waals surface area contributed by atoms with E-state index in [-0.39, 0.29) is 43.2 Å². The van der Waals surface area contributed by atoms with Gasteiger partial charge in [0.05, 0.1) is 34.1 Å². The lowest BCUT2D eigenvalue weighted by Crippen LogP contribution is -2.62. The fourth-order valence-corrected chi connectivity index (χ4v) is 11.7. The Bertz CT molecular complexity index is 2530. The molecule has 0 radical (unpaired) electrons. The lowest BCUT2D eigenvalue weighted by Gasteiger charge is -2.42. The number of carbonyl (C=O) groups is 5. The zero-order chi connectivity index (χ0) is 44.5. The minimum Gasteiger partial charge on any atom is -0.464 e. The first-order valence-corrected chi connectivity index (χ1v) is 22.9. The predicted molar refractivity (Wildman–Crippen MR) is 237 cm³/mol. The molecule has 15 nitrogen and oxygen atoms in total. The smallest absolute Gasteiger partial charge is 0.324 e. The molecule has 63 heavy (non-hydrogen) atoms. The Morgan fingerprint density at radius 3 is 2.68 bits per heavy atom. The van der Waals surface area contributed by atoms with Crippen LogP contribution in [0.1, 0.15) is 81.7 Å². The number of likely N-dealkylation sites (tertiary alicyclic amines) is 2. The molecular formula is C47H56N8O7S. The third kappa shape index (κ3) is 7.23. The van der Waals surface area contributed by atoms with E-state index >= 15 is 0 Å². The van der Waals surface area contributed by atoms with Crippen LogP contribution in [0.5, 0.6) is 0 Å². The Kier molecular flexibility index (Phi) is 11.1. The minimum atomic E-state index is -1.07. The molecule has 0 saturated carbocycles. The standard InChI is InChI=1S/C47H56N8O7S/c1-8-35(56)53-19-15-47(24-53)16-20-54(45(47)60)39(26(2)3)42(57)50-31-22-34-49-32(23-63-34)27-13-14-33-29(21-27)36-37(41(61-7)38-28(11-9-17-48-38)40(36)52(33)6)46(4,5)25-62-44(59)30-12-10-18-55(51-30)43(31)58/h8-9,11,13-14,17,21,23,26,30-31,37,39,41,51H,1,10,12,15-16,18-20,22,24-25H2,2-7H3,(H,50,57)/t30-,31-,37?,39-,41-,47?/m0/s1. The number of benzene rings is 1. The van der Waals surface area contributed by atoms with Gasteiger partial charge in [-0.25, -0.2) is 10.4 Å². The summed E-state index contributed by atoms with van der Waals surface area (Å²) in [7, 11) is 3.76. The molecule has 3 fully saturated rings. The molecule has 7 heterocycles. The van der Waals surface area contributed by atoms with Gasteiger partial charge in [0.1, 0.15) is 24.2 Å². The second-order valence-corrected chi connectivity index (χ2v) is 19.8. The van der Waals surface area contributed by atoms with Gasteiger partial charge in [0.15, 0.2) is 0 Å². The molecule has 1 aromatic carbocycles. The van der Waals surface area contributed by atoms with Crippen molar-refractivity contribution in [1.29, 1.82) is 0 Å². The summed E-state index contributed by atoms with van der Waals surface area (Å²) in [5.41, 5.74) is 8.35. The maximum Gasteiger partial charge on any atom is 0.324 e. The summed E-state index contributed by atoms with van der Waals surface area (Å²) in [5, 5.41) is 8.13. The minimum absolute atomic E-state index is 0.0734. The van der Waals surface area contributed by atoms with Gasteiger partial charge in [0.2, 0.25) is 17.7 Å². The van der Waals surface area contributed by atoms with E-state index in [4.69, 9.17) is 19.4 Å². The molecular weight excluding hydrogens is 821 g/mol. The van der Waals surface area contributed by atoms with Gasteiger partial charge < -0.3 is 29.2 Å². The van der Waals surface area contributed by atoms with E-state index in [1.54, 1.807) is 23.1 Å². The van der Waals surface area contributed by atoms with E-state index in [1.807, 2.05) is 25.3 Å². The number of fused-ring (bicyclic) bond motifs is 8. The second kappa shape index (κ2) is 16.3. The molecule has 16 heteroatoms. The van der Waals surface area contributed by atoms with Crippen molar-refractivity contribution in [3.8, 4) is 22.5 Å². The molecule has 3 saturated heterocycles. The molecule has 9 rings (SSSR count). The highest BCUT2D eigenvalue weighted by molar-refractivity contribution is 7.10. The zero-order valence-corrected chi connectivity index (χ0v) is 37.6. The van der Waals surface area contributed by atoms with Gasteiger partial charge in [-0.15, -0.1) is 11.3 Å². The number of nitrogens with one attached hydrogen (secondary N) is 2. The Morgan fingerprint density at radius 2 is 1.92 bits per heavy atom. The average molecular weight is 877 g/mol. The van der Waals surface area contributed by atoms with Crippen LogP contribution in [0.3, 0.4) is 0 Å². The van der Waals surface area contributed by atoms with Gasteiger partial charge >= 0.3 is 5.97 Å². The van der Waals surface area contributed by atoms with Crippen molar-refractivity contribution in [2.24, 2.45) is 23.8 Å². The number of esters is 1. The van der Waals surface area contributed by atoms with Crippen LogP contribution in [0, 0.1) is 16.7 Å². The SMILES string of the molecule is C=CC(=O)N1CCC2(CCN([C@H](C(=O)N[C@H]3Cc4nc(cs4)-c4ccc5c(c4)c4c(n5C)-c5cccnc5[C@@H](OC)C4C(C)(C)COC(=O)[C@@H]4CCCN(N4)C3=O)C(C)C)C2=O)C1. The van der Waals surface area contributed by atoms with Crippen molar-refractivity contribution in [3.63, 3.8) is 0 Å². The van der Waals surface area contributed by atoms with Crippen molar-refractivity contribution in [2.75, 3.05) is 39.9 Å². The van der Waals surface area contributed by atoms with Crippen LogP contribution in [0.4, 0.5) is 0 Å². The quantitative estimate of drug-likeness (QED) is 0.201. The Labute approximate surface area is 371 Å². The van der Waals surface area contributed by atoms with Crippen molar-refractivity contribution >= 4 is 51.8 Å². The number of cyclic esters (lactones) is 1. The summed E-state index contributed by atoms with van der Waals surface area (Å²) in [6, 6.07) is 7.61. The Morgan fingerprint density at radius 1 is 1.13 bits per heavy atom. The highest BCUT2D eigenvalue weighted by atomic mass is 32.1. The highest BCUT2D eigenvalue weighted by Gasteiger charge is 2.54. The Balaban J connectivity index is 1.08. The number of carbonyl (C=O) groups excluding carboxylic acids is 5. The normalized spacial score (nSPS) is 26.2. The topological polar surface area (TPSA) is 168 Å². The predicted octanol–water partition coefficient (Wildman–Crippen LogP) is 4.92. The van der Waals surface area contributed by atoms with Crippen LogP contribution in [0.25, 0.3) is 33.4 Å². The number of ether oxygens (including phenoxy) is 2. The van der Waals surface area contributed by atoms with Gasteiger partial charge in [-0.3, -0.25) is 34.0 Å². The zero-order valence-electron chi connectivity index (χ0n) is 36.8. The summed E-state index contributed by atoms with van der Waals surface area (Å²) < 4.78 is 14.7.